The molecule has 2 N–H and O–H groups in total. The average Bonchev–Trinajstić information content (AvgIpc) is 3.35. The van der Waals surface area contributed by atoms with Crippen LogP contribution in [0.5, 0.6) is 0 Å². The number of carboxylic acid groups (broad SMARTS) is 1. The molecule has 0 aliphatic heterocycles. The lowest BCUT2D eigenvalue weighted by molar-refractivity contribution is -0.137. The quantitative estimate of drug-likeness (QED) is 0.595. The number of aliphatic carboxylic acids is 1. The third kappa shape index (κ3) is 5.27. The predicted molar refractivity (Wildman–Crippen MR) is 94.5 cm³/mol. The molecule has 0 spiro atoms. The van der Waals surface area contributed by atoms with Gasteiger partial charge in [-0.15, -0.1) is 0 Å². The summed E-state index contributed by atoms with van der Waals surface area (Å²) in [5, 5.41) is 15.6. The van der Waals surface area contributed by atoms with Gasteiger partial charge in [-0.1, -0.05) is 35.5 Å². The van der Waals surface area contributed by atoms with E-state index in [1.165, 1.54) is 6.26 Å². The summed E-state index contributed by atoms with van der Waals surface area (Å²) in [4.78, 5) is 27.4. The summed E-state index contributed by atoms with van der Waals surface area (Å²) in [7, 11) is 0. The van der Waals surface area contributed by atoms with Crippen molar-refractivity contribution >= 4 is 11.9 Å². The lowest BCUT2D eigenvalue weighted by Crippen LogP contribution is -2.29. The topological polar surface area (TPSA) is 118 Å². The Morgan fingerprint density at radius 2 is 1.93 bits per heavy atom. The highest BCUT2D eigenvalue weighted by Crippen LogP contribution is 2.19. The van der Waals surface area contributed by atoms with Crippen LogP contribution in [0.1, 0.15) is 36.8 Å². The van der Waals surface area contributed by atoms with Gasteiger partial charge >= 0.3 is 5.97 Å². The highest BCUT2D eigenvalue weighted by atomic mass is 16.5. The fraction of sp³-hybridized carbons (Fsp3) is 0.263. The van der Waals surface area contributed by atoms with Gasteiger partial charge in [0.05, 0.1) is 12.3 Å². The van der Waals surface area contributed by atoms with Gasteiger partial charge in [-0.3, -0.25) is 9.59 Å². The van der Waals surface area contributed by atoms with Crippen LogP contribution in [0, 0.1) is 0 Å². The molecule has 1 unspecified atom stereocenters. The summed E-state index contributed by atoms with van der Waals surface area (Å²) in [6.07, 6.45) is 2.22. The number of rotatable bonds is 9. The highest BCUT2D eigenvalue weighted by molar-refractivity contribution is 5.76. The van der Waals surface area contributed by atoms with Crippen molar-refractivity contribution in [2.75, 3.05) is 0 Å². The molecule has 0 fully saturated rings. The van der Waals surface area contributed by atoms with E-state index in [1.54, 1.807) is 12.1 Å². The van der Waals surface area contributed by atoms with E-state index < -0.39 is 5.97 Å². The molecule has 0 radical (unpaired) electrons. The number of carboxylic acids is 1. The van der Waals surface area contributed by atoms with Crippen LogP contribution in [-0.4, -0.2) is 27.1 Å². The number of carbonyl (C=O) groups excluding carboxylic acids is 1. The first-order valence-electron chi connectivity index (χ1n) is 8.54. The minimum Gasteiger partial charge on any atom is -0.481 e. The number of carbonyl (C=O) groups is 2. The van der Waals surface area contributed by atoms with Crippen molar-refractivity contribution in [1.82, 2.24) is 15.5 Å². The predicted octanol–water partition coefficient (Wildman–Crippen LogP) is 2.98. The van der Waals surface area contributed by atoms with Crippen LogP contribution in [-0.2, 0) is 16.0 Å². The molecule has 27 heavy (non-hydrogen) atoms. The van der Waals surface area contributed by atoms with E-state index in [4.69, 9.17) is 14.0 Å². The molecule has 0 saturated heterocycles. The van der Waals surface area contributed by atoms with Crippen molar-refractivity contribution in [2.45, 2.75) is 31.7 Å². The van der Waals surface area contributed by atoms with E-state index in [1.807, 2.05) is 30.3 Å². The van der Waals surface area contributed by atoms with Gasteiger partial charge < -0.3 is 19.4 Å². The van der Waals surface area contributed by atoms with Crippen molar-refractivity contribution < 1.29 is 23.6 Å². The van der Waals surface area contributed by atoms with Gasteiger partial charge in [0.25, 0.3) is 0 Å². The van der Waals surface area contributed by atoms with Crippen LogP contribution in [0.15, 0.2) is 57.7 Å². The summed E-state index contributed by atoms with van der Waals surface area (Å²) < 4.78 is 10.3. The van der Waals surface area contributed by atoms with E-state index in [0.29, 0.717) is 23.9 Å². The van der Waals surface area contributed by atoms with Crippen LogP contribution < -0.4 is 5.32 Å². The molecule has 2 heterocycles. The Morgan fingerprint density at radius 3 is 2.63 bits per heavy atom. The van der Waals surface area contributed by atoms with Gasteiger partial charge in [0.15, 0.2) is 5.76 Å². The maximum atomic E-state index is 12.3. The van der Waals surface area contributed by atoms with Gasteiger partial charge in [0.2, 0.25) is 17.6 Å². The molecular weight excluding hydrogens is 350 g/mol. The number of aryl methyl sites for hydroxylation is 1. The van der Waals surface area contributed by atoms with Crippen LogP contribution in [0.2, 0.25) is 0 Å². The average molecular weight is 369 g/mol. The molecule has 1 amide bonds. The third-order valence-electron chi connectivity index (χ3n) is 3.96. The molecule has 0 bridgehead atoms. The smallest absolute Gasteiger partial charge is 0.303 e. The van der Waals surface area contributed by atoms with Gasteiger partial charge in [-0.2, -0.15) is 4.98 Å². The van der Waals surface area contributed by atoms with Crippen LogP contribution in [0.25, 0.3) is 11.6 Å². The Balaban J connectivity index is 1.56. The number of benzene rings is 1. The van der Waals surface area contributed by atoms with Crippen LogP contribution in [0.3, 0.4) is 0 Å². The highest BCUT2D eigenvalue weighted by Gasteiger charge is 2.17. The van der Waals surface area contributed by atoms with Gasteiger partial charge in [0.1, 0.15) is 0 Å². The number of hydrogen-bond donors (Lipinski definition) is 2. The number of amides is 1. The Kier molecular flexibility index (Phi) is 5.98. The SMILES string of the molecule is O=C(O)CCC(NC(=O)CCc1nc(-c2ccco2)no1)c1ccccc1. The third-order valence-corrected chi connectivity index (χ3v) is 3.96. The van der Waals surface area contributed by atoms with E-state index in [0.717, 1.165) is 5.56 Å². The molecule has 1 atom stereocenters. The van der Waals surface area contributed by atoms with E-state index in [-0.39, 0.29) is 31.2 Å². The van der Waals surface area contributed by atoms with Gasteiger partial charge in [-0.05, 0) is 24.1 Å². The summed E-state index contributed by atoms with van der Waals surface area (Å²) in [6, 6.07) is 12.4. The molecule has 8 heteroatoms. The number of furan rings is 1. The number of aromatic nitrogens is 2. The fourth-order valence-electron chi connectivity index (χ4n) is 2.62. The second-order valence-corrected chi connectivity index (χ2v) is 5.95. The van der Waals surface area contributed by atoms with Gasteiger partial charge in [0, 0.05) is 19.3 Å². The number of nitrogens with one attached hydrogen (secondary N) is 1. The van der Waals surface area contributed by atoms with Crippen molar-refractivity contribution in [2.24, 2.45) is 0 Å². The number of nitrogens with zero attached hydrogens (tertiary/aromatic N) is 2. The van der Waals surface area contributed by atoms with Crippen molar-refractivity contribution in [3.8, 4) is 11.6 Å². The zero-order valence-electron chi connectivity index (χ0n) is 14.5. The van der Waals surface area contributed by atoms with E-state index >= 15 is 0 Å². The summed E-state index contributed by atoms with van der Waals surface area (Å²) in [6.45, 7) is 0. The summed E-state index contributed by atoms with van der Waals surface area (Å²) >= 11 is 0. The Hall–Kier alpha value is -3.42. The molecule has 2 aromatic heterocycles. The van der Waals surface area contributed by atoms with Crippen LogP contribution >= 0.6 is 0 Å². The minimum absolute atomic E-state index is 0.0317. The van der Waals surface area contributed by atoms with Crippen molar-refractivity contribution in [1.29, 1.82) is 0 Å². The standard InChI is InChI=1S/C19H19N3O5/c23-16(9-10-17-21-19(22-27-17)15-7-4-12-26-15)20-14(8-11-18(24)25)13-5-2-1-3-6-13/h1-7,12,14H,8-11H2,(H,20,23)(H,24,25). The Bertz CT molecular complexity index is 874. The maximum absolute atomic E-state index is 12.3. The molecule has 3 rings (SSSR count). The molecule has 0 aliphatic carbocycles. The Morgan fingerprint density at radius 1 is 1.11 bits per heavy atom. The first kappa shape index (κ1) is 18.4. The largest absolute Gasteiger partial charge is 0.481 e. The van der Waals surface area contributed by atoms with E-state index in [9.17, 15) is 9.59 Å². The Labute approximate surface area is 155 Å². The molecule has 8 nitrogen and oxygen atoms in total. The monoisotopic (exact) mass is 369 g/mol. The van der Waals surface area contributed by atoms with E-state index in [2.05, 4.69) is 15.5 Å². The molecular formula is C19H19N3O5. The molecule has 3 aromatic rings. The zero-order chi connectivity index (χ0) is 19.1. The first-order chi connectivity index (χ1) is 13.1. The minimum atomic E-state index is -0.901. The molecule has 0 aliphatic rings. The normalized spacial score (nSPS) is 11.9. The van der Waals surface area contributed by atoms with Gasteiger partial charge in [-0.25, -0.2) is 0 Å². The summed E-state index contributed by atoms with van der Waals surface area (Å²) in [5.41, 5.74) is 0.866. The second kappa shape index (κ2) is 8.79. The fourth-order valence-corrected chi connectivity index (χ4v) is 2.62. The second-order valence-electron chi connectivity index (χ2n) is 5.95. The first-order valence-corrected chi connectivity index (χ1v) is 8.54. The summed E-state index contributed by atoms with van der Waals surface area (Å²) in [5.74, 6) is 0.0399. The molecule has 1 aromatic carbocycles. The zero-order valence-corrected chi connectivity index (χ0v) is 14.5. The molecule has 140 valence electrons. The maximum Gasteiger partial charge on any atom is 0.303 e. The number of hydrogen-bond acceptors (Lipinski definition) is 6. The molecule has 0 saturated carbocycles. The lowest BCUT2D eigenvalue weighted by Gasteiger charge is -2.18. The van der Waals surface area contributed by atoms with Crippen molar-refractivity contribution in [3.63, 3.8) is 0 Å². The lowest BCUT2D eigenvalue weighted by atomic mass is 10.0. The van der Waals surface area contributed by atoms with Crippen molar-refractivity contribution in [3.05, 3.63) is 60.2 Å². The van der Waals surface area contributed by atoms with Crippen LogP contribution in [0.4, 0.5) is 0 Å².